The SMILES string of the molecule is CCCCCCCCCCOC[C@H](O[C@@H]1OC(CO)[C@@H](O[C@H]2OC(CO)[C@@H](O)[C@H](O)C2O)[C@H](O)C1O)[C@H](COCCCCCCCCCC)O[C@@H]1OC(CO)[C@@H](O[C@H]2OC(CO)[C@@H](O)[C@H](O)C2O)[C@H](O)C1O. The van der Waals surface area contributed by atoms with Crippen molar-refractivity contribution in [2.24, 2.45) is 0 Å². The second kappa shape index (κ2) is 34.0. The van der Waals surface area contributed by atoms with Crippen molar-refractivity contribution >= 4 is 0 Å². The third kappa shape index (κ3) is 18.6. The molecule has 0 aliphatic carbocycles. The molecule has 0 aromatic carbocycles. The van der Waals surface area contributed by atoms with Crippen molar-refractivity contribution in [1.29, 1.82) is 0 Å². The van der Waals surface area contributed by atoms with E-state index in [-0.39, 0.29) is 26.4 Å². The van der Waals surface area contributed by atoms with Crippen molar-refractivity contribution < 1.29 is 119 Å². The zero-order valence-corrected chi connectivity index (χ0v) is 42.0. The maximum atomic E-state index is 11.5. The number of aliphatic hydroxyl groups excluding tert-OH is 14. The largest absolute Gasteiger partial charge is 0.394 e. The van der Waals surface area contributed by atoms with E-state index in [4.69, 9.17) is 47.4 Å². The highest BCUT2D eigenvalue weighted by atomic mass is 16.8. The van der Waals surface area contributed by atoms with E-state index in [1.54, 1.807) is 0 Å². The van der Waals surface area contributed by atoms with Gasteiger partial charge in [-0.3, -0.25) is 0 Å². The minimum atomic E-state index is -1.95. The first-order valence-corrected chi connectivity index (χ1v) is 26.3. The van der Waals surface area contributed by atoms with Crippen molar-refractivity contribution in [3.63, 3.8) is 0 Å². The first-order valence-electron chi connectivity index (χ1n) is 26.3. The number of unbranched alkanes of at least 4 members (excludes halogenated alkanes) is 14. The maximum absolute atomic E-state index is 11.5. The lowest BCUT2D eigenvalue weighted by molar-refractivity contribution is -0.377. The van der Waals surface area contributed by atoms with E-state index in [1.165, 1.54) is 12.8 Å². The van der Waals surface area contributed by atoms with E-state index in [0.29, 0.717) is 12.8 Å². The Kier molecular flexibility index (Phi) is 30.1. The van der Waals surface area contributed by atoms with Gasteiger partial charge >= 0.3 is 0 Å². The van der Waals surface area contributed by atoms with Gasteiger partial charge in [0.2, 0.25) is 0 Å². The molecule has 0 aromatic heterocycles. The molecule has 4 aliphatic rings. The van der Waals surface area contributed by atoms with E-state index in [1.807, 2.05) is 0 Å². The number of hydrogen-bond donors (Lipinski definition) is 14. The zero-order chi connectivity index (χ0) is 52.7. The van der Waals surface area contributed by atoms with Crippen LogP contribution in [0.25, 0.3) is 0 Å². The van der Waals surface area contributed by atoms with Gasteiger partial charge in [0.1, 0.15) is 110 Å². The molecule has 426 valence electrons. The lowest BCUT2D eigenvalue weighted by Crippen LogP contribution is -2.66. The number of rotatable bonds is 35. The van der Waals surface area contributed by atoms with Crippen LogP contribution in [-0.2, 0) is 47.4 Å². The van der Waals surface area contributed by atoms with Gasteiger partial charge in [0.15, 0.2) is 25.2 Å². The maximum Gasteiger partial charge on any atom is 0.187 e. The van der Waals surface area contributed by atoms with Crippen molar-refractivity contribution in [3.8, 4) is 0 Å². The number of hydrogen-bond acceptors (Lipinski definition) is 24. The second-order valence-corrected chi connectivity index (χ2v) is 19.5. The fourth-order valence-electron chi connectivity index (χ4n) is 9.22. The third-order valence-electron chi connectivity index (χ3n) is 13.8. The van der Waals surface area contributed by atoms with Crippen LogP contribution in [0.3, 0.4) is 0 Å². The molecule has 4 aliphatic heterocycles. The van der Waals surface area contributed by atoms with Gasteiger partial charge in [0, 0.05) is 13.2 Å². The van der Waals surface area contributed by atoms with E-state index >= 15 is 0 Å². The Labute approximate surface area is 422 Å². The van der Waals surface area contributed by atoms with Crippen molar-refractivity contribution in [1.82, 2.24) is 0 Å². The summed E-state index contributed by atoms with van der Waals surface area (Å²) >= 11 is 0. The lowest BCUT2D eigenvalue weighted by Gasteiger charge is -2.47. The van der Waals surface area contributed by atoms with Crippen LogP contribution in [0.15, 0.2) is 0 Å². The molecule has 4 saturated heterocycles. The first kappa shape index (κ1) is 63.6. The monoisotopic (exact) mass is 1050 g/mol. The summed E-state index contributed by atoms with van der Waals surface area (Å²) in [5, 5.41) is 149. The van der Waals surface area contributed by atoms with Crippen LogP contribution in [0.1, 0.15) is 117 Å². The molecule has 4 heterocycles. The zero-order valence-electron chi connectivity index (χ0n) is 42.0. The molecule has 14 N–H and O–H groups in total. The van der Waals surface area contributed by atoms with Gasteiger partial charge < -0.3 is 119 Å². The van der Waals surface area contributed by atoms with Crippen LogP contribution < -0.4 is 0 Å². The molecule has 72 heavy (non-hydrogen) atoms. The minimum Gasteiger partial charge on any atom is -0.394 e. The molecule has 0 aromatic rings. The molecule has 0 amide bonds. The van der Waals surface area contributed by atoms with E-state index in [2.05, 4.69) is 13.8 Å². The number of ether oxygens (including phenoxy) is 10. The summed E-state index contributed by atoms with van der Waals surface area (Å²) < 4.78 is 59.2. The topological polar surface area (TPSA) is 376 Å². The summed E-state index contributed by atoms with van der Waals surface area (Å²) in [5.41, 5.74) is 0. The Morgan fingerprint density at radius 2 is 0.625 bits per heavy atom. The predicted octanol–water partition coefficient (Wildman–Crippen LogP) is -2.68. The van der Waals surface area contributed by atoms with Gasteiger partial charge in [-0.15, -0.1) is 0 Å². The molecule has 24 nitrogen and oxygen atoms in total. The molecule has 0 saturated carbocycles. The van der Waals surface area contributed by atoms with Crippen LogP contribution in [0.5, 0.6) is 0 Å². The fraction of sp³-hybridized carbons (Fsp3) is 1.00. The van der Waals surface area contributed by atoms with Crippen LogP contribution in [0.4, 0.5) is 0 Å². The molecule has 24 heteroatoms. The first-order chi connectivity index (χ1) is 34.7. The van der Waals surface area contributed by atoms with Gasteiger partial charge in [-0.1, -0.05) is 104 Å². The standard InChI is InChI=1S/C48H90O24/c1-3-5-7-9-11-13-15-17-19-63-25-31(69-45-41(61)37(57)43(29(23-51)67-45)71-47-39(59)35(55)33(53)27(21-49)65-47)32(26-64-20-18-16-14-12-10-8-6-4-2)70-46-42(62)38(58)44(30(24-52)68-46)72-48-40(60)36(56)34(54)28(22-50)66-48/h27-62H,3-26H2,1-2H3/t27?,28?,29?,30?,31-,32-,33+,34+,35-,36-,37+,38+,39?,40?,41?,42?,43+,44+,45-,46-,47+,48+/m0/s1. The quantitative estimate of drug-likeness (QED) is 0.0288. The lowest BCUT2D eigenvalue weighted by atomic mass is 9.96. The Hall–Kier alpha value is -0.960. The molecule has 4 rings (SSSR count). The molecule has 0 spiro atoms. The predicted molar refractivity (Wildman–Crippen MR) is 249 cm³/mol. The Morgan fingerprint density at radius 1 is 0.333 bits per heavy atom. The van der Waals surface area contributed by atoms with Crippen LogP contribution >= 0.6 is 0 Å². The molecule has 8 unspecified atom stereocenters. The second-order valence-electron chi connectivity index (χ2n) is 19.5. The molecule has 0 bridgehead atoms. The van der Waals surface area contributed by atoms with Gasteiger partial charge in [-0.2, -0.15) is 0 Å². The van der Waals surface area contributed by atoms with Crippen molar-refractivity contribution in [2.75, 3.05) is 52.9 Å². The molecule has 22 atom stereocenters. The smallest absolute Gasteiger partial charge is 0.187 e. The minimum absolute atomic E-state index is 0.260. The van der Waals surface area contributed by atoms with E-state index in [0.717, 1.165) is 77.0 Å². The Bertz CT molecular complexity index is 1290. The molecule has 0 radical (unpaired) electrons. The number of aliphatic hydroxyl groups is 14. The Morgan fingerprint density at radius 3 is 0.944 bits per heavy atom. The fourth-order valence-corrected chi connectivity index (χ4v) is 9.22. The van der Waals surface area contributed by atoms with Crippen molar-refractivity contribution in [2.45, 2.75) is 252 Å². The summed E-state index contributed by atoms with van der Waals surface area (Å²) in [4.78, 5) is 0. The highest BCUT2D eigenvalue weighted by Gasteiger charge is 2.54. The van der Waals surface area contributed by atoms with Crippen molar-refractivity contribution in [3.05, 3.63) is 0 Å². The van der Waals surface area contributed by atoms with Crippen LogP contribution in [-0.4, -0.2) is 259 Å². The van der Waals surface area contributed by atoms with Crippen LogP contribution in [0.2, 0.25) is 0 Å². The van der Waals surface area contributed by atoms with E-state index in [9.17, 15) is 71.5 Å². The van der Waals surface area contributed by atoms with Gasteiger partial charge in [0.25, 0.3) is 0 Å². The van der Waals surface area contributed by atoms with Gasteiger partial charge in [-0.05, 0) is 12.8 Å². The van der Waals surface area contributed by atoms with Gasteiger partial charge in [-0.25, -0.2) is 0 Å². The average molecular weight is 1050 g/mol. The summed E-state index contributed by atoms with van der Waals surface area (Å²) in [5.74, 6) is 0. The summed E-state index contributed by atoms with van der Waals surface area (Å²) in [6.07, 6.45) is -20.8. The third-order valence-corrected chi connectivity index (χ3v) is 13.8. The molecule has 4 fully saturated rings. The molecular weight excluding hydrogens is 961 g/mol. The summed E-state index contributed by atoms with van der Waals surface area (Å²) in [6.45, 7) is 1.06. The molecular formula is C48H90O24. The normalized spacial score (nSPS) is 38.5. The van der Waals surface area contributed by atoms with Crippen LogP contribution in [0, 0.1) is 0 Å². The Balaban J connectivity index is 1.56. The van der Waals surface area contributed by atoms with E-state index < -0.39 is 161 Å². The highest BCUT2D eigenvalue weighted by Crippen LogP contribution is 2.33. The summed E-state index contributed by atoms with van der Waals surface area (Å²) in [7, 11) is 0. The highest BCUT2D eigenvalue weighted by molar-refractivity contribution is 4.97. The van der Waals surface area contributed by atoms with Gasteiger partial charge in [0.05, 0.1) is 39.6 Å². The average Bonchev–Trinajstić information content (AvgIpc) is 3.38. The summed E-state index contributed by atoms with van der Waals surface area (Å²) in [6, 6.07) is 0.